The van der Waals surface area contributed by atoms with Crippen LogP contribution in [0.15, 0.2) is 66.7 Å². The number of carbonyl (C=O) groups excluding carboxylic acids is 1. The molecule has 0 aliphatic carbocycles. The Morgan fingerprint density at radius 1 is 0.955 bits per heavy atom. The molecule has 3 rings (SSSR count). The molecule has 22 heavy (non-hydrogen) atoms. The van der Waals surface area contributed by atoms with Gasteiger partial charge in [-0.2, -0.15) is 0 Å². The average Bonchev–Trinajstić information content (AvgIpc) is 2.55. The third-order valence-corrected chi connectivity index (χ3v) is 3.53. The molecular weight excluding hydrogens is 274 g/mol. The van der Waals surface area contributed by atoms with Gasteiger partial charge in [0.25, 0.3) is 0 Å². The van der Waals surface area contributed by atoms with Gasteiger partial charge in [-0.25, -0.2) is 0 Å². The van der Waals surface area contributed by atoms with Gasteiger partial charge in [0.15, 0.2) is 0 Å². The summed E-state index contributed by atoms with van der Waals surface area (Å²) in [4.78, 5) is 12.2. The zero-order valence-corrected chi connectivity index (χ0v) is 12.4. The van der Waals surface area contributed by atoms with E-state index in [-0.39, 0.29) is 5.91 Å². The van der Waals surface area contributed by atoms with Gasteiger partial charge in [0, 0.05) is 5.69 Å². The molecule has 1 amide bonds. The van der Waals surface area contributed by atoms with Crippen molar-refractivity contribution in [1.29, 1.82) is 0 Å². The summed E-state index contributed by atoms with van der Waals surface area (Å²) >= 11 is 0. The number of methoxy groups -OCH3 is 1. The van der Waals surface area contributed by atoms with Crippen LogP contribution in [0.1, 0.15) is 5.56 Å². The number of anilines is 1. The lowest BCUT2D eigenvalue weighted by molar-refractivity contribution is -0.115. The van der Waals surface area contributed by atoms with Gasteiger partial charge in [-0.15, -0.1) is 0 Å². The zero-order valence-electron chi connectivity index (χ0n) is 12.4. The number of rotatable bonds is 4. The predicted molar refractivity (Wildman–Crippen MR) is 89.3 cm³/mol. The summed E-state index contributed by atoms with van der Waals surface area (Å²) in [5.41, 5.74) is 1.74. The molecule has 110 valence electrons. The van der Waals surface area contributed by atoms with Crippen LogP contribution in [0.25, 0.3) is 10.8 Å². The lowest BCUT2D eigenvalue weighted by Crippen LogP contribution is -2.14. The molecule has 3 aromatic rings. The minimum absolute atomic E-state index is 0.0384. The van der Waals surface area contributed by atoms with Crippen LogP contribution in [-0.2, 0) is 11.2 Å². The van der Waals surface area contributed by atoms with Gasteiger partial charge in [-0.05, 0) is 40.6 Å². The molecule has 3 heteroatoms. The lowest BCUT2D eigenvalue weighted by Gasteiger charge is -2.07. The summed E-state index contributed by atoms with van der Waals surface area (Å²) in [6.07, 6.45) is 0.323. The van der Waals surface area contributed by atoms with Crippen LogP contribution in [0, 0.1) is 0 Å². The van der Waals surface area contributed by atoms with E-state index in [4.69, 9.17) is 4.74 Å². The number of hydrogen-bond donors (Lipinski definition) is 1. The van der Waals surface area contributed by atoms with Crippen LogP contribution in [0.4, 0.5) is 5.69 Å². The fraction of sp³-hybridized carbons (Fsp3) is 0.105. The molecular formula is C19H17NO2. The lowest BCUT2D eigenvalue weighted by atomic mass is 10.1. The molecule has 0 saturated heterocycles. The van der Waals surface area contributed by atoms with Crippen molar-refractivity contribution in [3.05, 3.63) is 72.3 Å². The highest BCUT2D eigenvalue weighted by atomic mass is 16.5. The molecule has 0 aromatic heterocycles. The topological polar surface area (TPSA) is 38.3 Å². The normalized spacial score (nSPS) is 10.4. The fourth-order valence-corrected chi connectivity index (χ4v) is 2.44. The van der Waals surface area contributed by atoms with E-state index in [1.54, 1.807) is 7.11 Å². The van der Waals surface area contributed by atoms with Crippen molar-refractivity contribution in [3.63, 3.8) is 0 Å². The van der Waals surface area contributed by atoms with Gasteiger partial charge < -0.3 is 10.1 Å². The SMILES string of the molecule is COc1cccc(CC(=O)Nc2ccc3ccccc3c2)c1. The van der Waals surface area contributed by atoms with Crippen LogP contribution < -0.4 is 10.1 Å². The second kappa shape index (κ2) is 6.31. The Morgan fingerprint density at radius 2 is 1.77 bits per heavy atom. The zero-order chi connectivity index (χ0) is 15.4. The Kier molecular flexibility index (Phi) is 4.05. The van der Waals surface area contributed by atoms with Crippen molar-refractivity contribution in [3.8, 4) is 5.75 Å². The number of amides is 1. The summed E-state index contributed by atoms with van der Waals surface area (Å²) < 4.78 is 5.17. The molecule has 3 nitrogen and oxygen atoms in total. The van der Waals surface area contributed by atoms with Gasteiger partial charge >= 0.3 is 0 Å². The predicted octanol–water partition coefficient (Wildman–Crippen LogP) is 4.03. The number of benzene rings is 3. The summed E-state index contributed by atoms with van der Waals surface area (Å²) in [6.45, 7) is 0. The first kappa shape index (κ1) is 14.1. The third-order valence-electron chi connectivity index (χ3n) is 3.53. The molecule has 1 N–H and O–H groups in total. The monoisotopic (exact) mass is 291 g/mol. The van der Waals surface area contributed by atoms with Gasteiger partial charge in [0.05, 0.1) is 13.5 Å². The van der Waals surface area contributed by atoms with Crippen molar-refractivity contribution >= 4 is 22.4 Å². The molecule has 0 radical (unpaired) electrons. The van der Waals surface area contributed by atoms with E-state index in [9.17, 15) is 4.79 Å². The van der Waals surface area contributed by atoms with Gasteiger partial charge in [-0.1, -0.05) is 42.5 Å². The first-order chi connectivity index (χ1) is 10.7. The molecule has 0 saturated carbocycles. The Morgan fingerprint density at radius 3 is 2.59 bits per heavy atom. The van der Waals surface area contributed by atoms with Crippen LogP contribution in [0.5, 0.6) is 5.75 Å². The maximum absolute atomic E-state index is 12.2. The third kappa shape index (κ3) is 3.26. The van der Waals surface area contributed by atoms with Crippen molar-refractivity contribution in [2.24, 2.45) is 0 Å². The Labute approximate surface area is 129 Å². The number of carbonyl (C=O) groups is 1. The molecule has 0 fully saturated rings. The molecule has 3 aromatic carbocycles. The average molecular weight is 291 g/mol. The van der Waals surface area contributed by atoms with Gasteiger partial charge in [0.2, 0.25) is 5.91 Å². The highest BCUT2D eigenvalue weighted by molar-refractivity contribution is 5.95. The number of ether oxygens (including phenoxy) is 1. The smallest absolute Gasteiger partial charge is 0.228 e. The van der Waals surface area contributed by atoms with E-state index in [1.165, 1.54) is 0 Å². The molecule has 0 spiro atoms. The standard InChI is InChI=1S/C19H17NO2/c1-22-18-8-4-5-14(11-18)12-19(21)20-17-10-9-15-6-2-3-7-16(15)13-17/h2-11,13H,12H2,1H3,(H,20,21). The first-order valence-corrected chi connectivity index (χ1v) is 7.16. The highest BCUT2D eigenvalue weighted by Gasteiger charge is 2.05. The largest absolute Gasteiger partial charge is 0.497 e. The quantitative estimate of drug-likeness (QED) is 0.788. The van der Waals surface area contributed by atoms with Crippen LogP contribution >= 0.6 is 0 Å². The van der Waals surface area contributed by atoms with Crippen molar-refractivity contribution in [2.45, 2.75) is 6.42 Å². The van der Waals surface area contributed by atoms with Crippen LogP contribution in [-0.4, -0.2) is 13.0 Å². The van der Waals surface area contributed by atoms with E-state index >= 15 is 0 Å². The number of nitrogens with one attached hydrogen (secondary N) is 1. The van der Waals surface area contributed by atoms with Gasteiger partial charge in [0.1, 0.15) is 5.75 Å². The second-order valence-electron chi connectivity index (χ2n) is 5.14. The van der Waals surface area contributed by atoms with Crippen molar-refractivity contribution < 1.29 is 9.53 Å². The molecule has 0 aliphatic rings. The Hall–Kier alpha value is -2.81. The molecule has 0 heterocycles. The van der Waals surface area contributed by atoms with Crippen LogP contribution in [0.3, 0.4) is 0 Å². The minimum atomic E-state index is -0.0384. The minimum Gasteiger partial charge on any atom is -0.497 e. The van der Waals surface area contributed by atoms with E-state index in [1.807, 2.05) is 60.7 Å². The Bertz CT molecular complexity index is 811. The maximum atomic E-state index is 12.2. The molecule has 0 atom stereocenters. The fourth-order valence-electron chi connectivity index (χ4n) is 2.44. The number of fused-ring (bicyclic) bond motifs is 1. The maximum Gasteiger partial charge on any atom is 0.228 e. The van der Waals surface area contributed by atoms with Crippen molar-refractivity contribution in [2.75, 3.05) is 12.4 Å². The van der Waals surface area contributed by atoms with Crippen LogP contribution in [0.2, 0.25) is 0 Å². The van der Waals surface area contributed by atoms with E-state index in [0.717, 1.165) is 27.8 Å². The molecule has 0 aliphatic heterocycles. The van der Waals surface area contributed by atoms with E-state index in [0.29, 0.717) is 6.42 Å². The van der Waals surface area contributed by atoms with Crippen molar-refractivity contribution in [1.82, 2.24) is 0 Å². The van der Waals surface area contributed by atoms with E-state index in [2.05, 4.69) is 11.4 Å². The second-order valence-corrected chi connectivity index (χ2v) is 5.14. The highest BCUT2D eigenvalue weighted by Crippen LogP contribution is 2.19. The Balaban J connectivity index is 1.72. The summed E-state index contributed by atoms with van der Waals surface area (Å²) in [6, 6.07) is 21.5. The molecule has 0 bridgehead atoms. The van der Waals surface area contributed by atoms with Gasteiger partial charge in [-0.3, -0.25) is 4.79 Å². The van der Waals surface area contributed by atoms with E-state index < -0.39 is 0 Å². The first-order valence-electron chi connectivity index (χ1n) is 7.16. The summed E-state index contributed by atoms with van der Waals surface area (Å²) in [5, 5.41) is 5.21. The molecule has 0 unspecified atom stereocenters. The number of hydrogen-bond acceptors (Lipinski definition) is 2. The summed E-state index contributed by atoms with van der Waals surface area (Å²) in [5.74, 6) is 0.722. The summed E-state index contributed by atoms with van der Waals surface area (Å²) in [7, 11) is 1.62.